The number of benzene rings is 2. The summed E-state index contributed by atoms with van der Waals surface area (Å²) in [7, 11) is 1.91. The van der Waals surface area contributed by atoms with Gasteiger partial charge < -0.3 is 10.6 Å². The zero-order valence-corrected chi connectivity index (χ0v) is 12.2. The molecule has 0 saturated heterocycles. The Morgan fingerprint density at radius 1 is 1.10 bits per heavy atom. The van der Waals surface area contributed by atoms with Gasteiger partial charge >= 0.3 is 0 Å². The van der Waals surface area contributed by atoms with Crippen molar-refractivity contribution in [2.45, 2.75) is 18.9 Å². The normalized spacial score (nSPS) is 20.0. The van der Waals surface area contributed by atoms with Gasteiger partial charge in [-0.3, -0.25) is 4.79 Å². The van der Waals surface area contributed by atoms with Crippen LogP contribution in [0.5, 0.6) is 0 Å². The van der Waals surface area contributed by atoms with Crippen molar-refractivity contribution >= 4 is 11.6 Å². The molecule has 2 atom stereocenters. The molecule has 1 aliphatic rings. The van der Waals surface area contributed by atoms with Gasteiger partial charge in [-0.15, -0.1) is 0 Å². The van der Waals surface area contributed by atoms with Crippen LogP contribution in [0.2, 0.25) is 0 Å². The first-order chi connectivity index (χ1) is 10.3. The summed E-state index contributed by atoms with van der Waals surface area (Å²) in [6, 6.07) is 18.2. The SMILES string of the molecule is CNCc1ccccc1NC(=O)C1CC1c1ccccc1. The number of hydrogen-bond donors (Lipinski definition) is 2. The molecule has 0 bridgehead atoms. The number of anilines is 1. The fourth-order valence-corrected chi connectivity index (χ4v) is 2.77. The standard InChI is InChI=1S/C18H20N2O/c1-19-12-14-9-5-6-10-17(14)20-18(21)16-11-15(16)13-7-3-2-4-8-13/h2-10,15-16,19H,11-12H2,1H3,(H,20,21). The van der Waals surface area contributed by atoms with Crippen LogP contribution in [0.25, 0.3) is 0 Å². The van der Waals surface area contributed by atoms with Crippen molar-refractivity contribution in [3.63, 3.8) is 0 Å². The maximum atomic E-state index is 12.4. The molecule has 3 nitrogen and oxygen atoms in total. The van der Waals surface area contributed by atoms with Crippen molar-refractivity contribution in [2.24, 2.45) is 5.92 Å². The molecule has 1 aliphatic carbocycles. The van der Waals surface area contributed by atoms with E-state index < -0.39 is 0 Å². The molecule has 0 spiro atoms. The highest BCUT2D eigenvalue weighted by atomic mass is 16.2. The molecule has 3 rings (SSSR count). The molecule has 0 aromatic heterocycles. The largest absolute Gasteiger partial charge is 0.326 e. The Kier molecular flexibility index (Phi) is 4.02. The molecule has 0 radical (unpaired) electrons. The van der Waals surface area contributed by atoms with E-state index in [1.54, 1.807) is 0 Å². The van der Waals surface area contributed by atoms with Crippen LogP contribution in [0.15, 0.2) is 54.6 Å². The van der Waals surface area contributed by atoms with Gasteiger partial charge in [0.15, 0.2) is 0 Å². The van der Waals surface area contributed by atoms with E-state index in [1.807, 2.05) is 49.5 Å². The quantitative estimate of drug-likeness (QED) is 0.883. The summed E-state index contributed by atoms with van der Waals surface area (Å²) in [6.45, 7) is 0.753. The van der Waals surface area contributed by atoms with Gasteiger partial charge in [-0.1, -0.05) is 48.5 Å². The van der Waals surface area contributed by atoms with Gasteiger partial charge in [0.05, 0.1) is 0 Å². The van der Waals surface area contributed by atoms with E-state index in [1.165, 1.54) is 5.56 Å². The molecular weight excluding hydrogens is 260 g/mol. The Hall–Kier alpha value is -2.13. The molecular formula is C18H20N2O. The molecule has 1 saturated carbocycles. The van der Waals surface area contributed by atoms with E-state index in [0.29, 0.717) is 5.92 Å². The first-order valence-corrected chi connectivity index (χ1v) is 7.38. The van der Waals surface area contributed by atoms with E-state index in [0.717, 1.165) is 24.2 Å². The van der Waals surface area contributed by atoms with Crippen LogP contribution < -0.4 is 10.6 Å². The predicted molar refractivity (Wildman–Crippen MR) is 85.1 cm³/mol. The van der Waals surface area contributed by atoms with Crippen LogP contribution in [-0.4, -0.2) is 13.0 Å². The molecule has 1 fully saturated rings. The molecule has 2 N–H and O–H groups in total. The Morgan fingerprint density at radius 3 is 2.57 bits per heavy atom. The lowest BCUT2D eigenvalue weighted by Crippen LogP contribution is -2.17. The van der Waals surface area contributed by atoms with Crippen LogP contribution in [0.1, 0.15) is 23.5 Å². The third-order valence-electron chi connectivity index (χ3n) is 4.00. The van der Waals surface area contributed by atoms with Crippen LogP contribution in [0.3, 0.4) is 0 Å². The molecule has 2 aromatic rings. The fraction of sp³-hybridized carbons (Fsp3) is 0.278. The van der Waals surface area contributed by atoms with Crippen molar-refractivity contribution in [1.29, 1.82) is 0 Å². The number of hydrogen-bond acceptors (Lipinski definition) is 2. The summed E-state index contributed by atoms with van der Waals surface area (Å²) in [5, 5.41) is 6.20. The lowest BCUT2D eigenvalue weighted by molar-refractivity contribution is -0.117. The second-order valence-electron chi connectivity index (χ2n) is 5.54. The molecule has 0 aliphatic heterocycles. The fourth-order valence-electron chi connectivity index (χ4n) is 2.77. The Balaban J connectivity index is 1.66. The topological polar surface area (TPSA) is 41.1 Å². The second-order valence-corrected chi connectivity index (χ2v) is 5.54. The molecule has 1 amide bonds. The van der Waals surface area contributed by atoms with Crippen molar-refractivity contribution in [2.75, 3.05) is 12.4 Å². The van der Waals surface area contributed by atoms with Crippen molar-refractivity contribution in [3.8, 4) is 0 Å². The second kappa shape index (κ2) is 6.10. The first kappa shape index (κ1) is 13.8. The number of carbonyl (C=O) groups excluding carboxylic acids is 1. The van der Waals surface area contributed by atoms with Gasteiger partial charge in [-0.05, 0) is 36.6 Å². The maximum absolute atomic E-state index is 12.4. The summed E-state index contributed by atoms with van der Waals surface area (Å²) < 4.78 is 0. The zero-order valence-electron chi connectivity index (χ0n) is 12.2. The molecule has 0 heterocycles. The van der Waals surface area contributed by atoms with Crippen LogP contribution in [0, 0.1) is 5.92 Å². The summed E-state index contributed by atoms with van der Waals surface area (Å²) in [6.07, 6.45) is 0.948. The number of nitrogens with one attached hydrogen (secondary N) is 2. The summed E-state index contributed by atoms with van der Waals surface area (Å²) >= 11 is 0. The highest BCUT2D eigenvalue weighted by Gasteiger charge is 2.43. The van der Waals surface area contributed by atoms with Gasteiger partial charge in [-0.25, -0.2) is 0 Å². The lowest BCUT2D eigenvalue weighted by atomic mass is 10.1. The lowest BCUT2D eigenvalue weighted by Gasteiger charge is -2.10. The Morgan fingerprint density at radius 2 is 1.81 bits per heavy atom. The van der Waals surface area contributed by atoms with E-state index in [9.17, 15) is 4.79 Å². The van der Waals surface area contributed by atoms with Gasteiger partial charge in [0.25, 0.3) is 0 Å². The summed E-state index contributed by atoms with van der Waals surface area (Å²) in [5.74, 6) is 0.616. The monoisotopic (exact) mass is 280 g/mol. The minimum Gasteiger partial charge on any atom is -0.326 e. The third-order valence-corrected chi connectivity index (χ3v) is 4.00. The summed E-state index contributed by atoms with van der Waals surface area (Å²) in [5.41, 5.74) is 3.29. The van der Waals surface area contributed by atoms with Crippen molar-refractivity contribution < 1.29 is 4.79 Å². The summed E-state index contributed by atoms with van der Waals surface area (Å²) in [4.78, 5) is 12.4. The van der Waals surface area contributed by atoms with Gasteiger partial charge in [0.1, 0.15) is 0 Å². The van der Waals surface area contributed by atoms with Crippen LogP contribution >= 0.6 is 0 Å². The van der Waals surface area contributed by atoms with Gasteiger partial charge in [0, 0.05) is 18.2 Å². The van der Waals surface area contributed by atoms with E-state index in [-0.39, 0.29) is 11.8 Å². The third kappa shape index (κ3) is 3.14. The molecule has 2 unspecified atom stereocenters. The number of amides is 1. The predicted octanol–water partition coefficient (Wildman–Crippen LogP) is 3.15. The van der Waals surface area contributed by atoms with Crippen LogP contribution in [0.4, 0.5) is 5.69 Å². The Bertz CT molecular complexity index is 624. The first-order valence-electron chi connectivity index (χ1n) is 7.38. The number of rotatable bonds is 5. The van der Waals surface area contributed by atoms with E-state index >= 15 is 0 Å². The highest BCUT2D eigenvalue weighted by molar-refractivity contribution is 5.95. The van der Waals surface area contributed by atoms with Crippen molar-refractivity contribution in [3.05, 3.63) is 65.7 Å². The number of para-hydroxylation sites is 1. The maximum Gasteiger partial charge on any atom is 0.228 e. The minimum atomic E-state index is 0.107. The molecule has 2 aromatic carbocycles. The molecule has 21 heavy (non-hydrogen) atoms. The molecule has 3 heteroatoms. The minimum absolute atomic E-state index is 0.107. The molecule has 108 valence electrons. The smallest absolute Gasteiger partial charge is 0.228 e. The van der Waals surface area contributed by atoms with Gasteiger partial charge in [0.2, 0.25) is 5.91 Å². The van der Waals surface area contributed by atoms with E-state index in [4.69, 9.17) is 0 Å². The average Bonchev–Trinajstić information content (AvgIpc) is 3.31. The van der Waals surface area contributed by atoms with Crippen molar-refractivity contribution in [1.82, 2.24) is 5.32 Å². The Labute approximate surface area is 125 Å². The van der Waals surface area contributed by atoms with Crippen LogP contribution in [-0.2, 0) is 11.3 Å². The zero-order chi connectivity index (χ0) is 14.7. The average molecular weight is 280 g/mol. The number of carbonyl (C=O) groups is 1. The van der Waals surface area contributed by atoms with E-state index in [2.05, 4.69) is 22.8 Å². The highest BCUT2D eigenvalue weighted by Crippen LogP contribution is 2.47. The van der Waals surface area contributed by atoms with Gasteiger partial charge in [-0.2, -0.15) is 0 Å².